The van der Waals surface area contributed by atoms with E-state index in [1.165, 1.54) is 11.3 Å². The van der Waals surface area contributed by atoms with Gasteiger partial charge in [-0.15, -0.1) is 11.3 Å². The molecule has 0 spiro atoms. The first-order chi connectivity index (χ1) is 13.0. The van der Waals surface area contributed by atoms with Gasteiger partial charge in [-0.1, -0.05) is 35.9 Å². The molecule has 0 radical (unpaired) electrons. The first-order valence-corrected chi connectivity index (χ1v) is 9.67. The van der Waals surface area contributed by atoms with Crippen LogP contribution in [0.15, 0.2) is 66.3 Å². The van der Waals surface area contributed by atoms with Crippen molar-refractivity contribution in [1.29, 1.82) is 0 Å². The van der Waals surface area contributed by atoms with Gasteiger partial charge in [-0.25, -0.2) is 14.4 Å². The van der Waals surface area contributed by atoms with Crippen molar-refractivity contribution >= 4 is 39.0 Å². The van der Waals surface area contributed by atoms with Crippen molar-refractivity contribution in [3.05, 3.63) is 88.0 Å². The van der Waals surface area contributed by atoms with Crippen molar-refractivity contribution in [1.82, 2.24) is 9.97 Å². The number of hydrogen-bond acceptors (Lipinski definition) is 4. The molecule has 3 nitrogen and oxygen atoms in total. The third-order valence-corrected chi connectivity index (χ3v) is 5.70. The van der Waals surface area contributed by atoms with E-state index in [4.69, 9.17) is 11.6 Å². The van der Waals surface area contributed by atoms with E-state index in [9.17, 15) is 0 Å². The molecule has 2 aromatic heterocycles. The number of halogens is 2. The molecule has 27 heavy (non-hydrogen) atoms. The summed E-state index contributed by atoms with van der Waals surface area (Å²) >= 11 is 7.89. The molecular weight excluding hydrogens is 381 g/mol. The number of pyridine rings is 1. The molecule has 0 saturated carbocycles. The maximum atomic E-state index is 16.9. The third-order valence-electron chi connectivity index (χ3n) is 4.58. The number of benzene rings is 2. The van der Waals surface area contributed by atoms with Gasteiger partial charge in [0.05, 0.1) is 15.7 Å². The van der Waals surface area contributed by atoms with Crippen LogP contribution in [0.25, 0.3) is 10.2 Å². The first-order valence-electron chi connectivity index (χ1n) is 8.41. The normalized spacial score (nSPS) is 13.5. The highest BCUT2D eigenvalue weighted by atomic mass is 35.5. The molecule has 4 aromatic rings. The number of fused-ring (bicyclic) bond motifs is 1. The van der Waals surface area contributed by atoms with E-state index >= 15 is 4.39 Å². The van der Waals surface area contributed by atoms with Crippen LogP contribution in [0.4, 0.5) is 10.2 Å². The molecule has 0 amide bonds. The van der Waals surface area contributed by atoms with Gasteiger partial charge in [-0.3, -0.25) is 0 Å². The van der Waals surface area contributed by atoms with Crippen molar-refractivity contribution in [3.63, 3.8) is 0 Å². The van der Waals surface area contributed by atoms with Gasteiger partial charge in [-0.05, 0) is 35.9 Å². The van der Waals surface area contributed by atoms with Gasteiger partial charge in [0.25, 0.3) is 0 Å². The minimum Gasteiger partial charge on any atom is -0.363 e. The standard InChI is InChI=1S/C21H17ClFN3S/c1-26(2)20-10-8-15(12-24-20)21(23,16-5-3-4-6-17(16)22)14-7-9-18-19(11-14)27-13-25-18/h3-13H,1-2H3. The molecule has 6 heteroatoms. The largest absolute Gasteiger partial charge is 0.363 e. The number of thiazole rings is 1. The van der Waals surface area contributed by atoms with Crippen molar-refractivity contribution < 1.29 is 4.39 Å². The number of nitrogens with zero attached hydrogens (tertiary/aromatic N) is 3. The second-order valence-electron chi connectivity index (χ2n) is 6.47. The van der Waals surface area contributed by atoms with Crippen LogP contribution in [0, 0.1) is 0 Å². The van der Waals surface area contributed by atoms with Crippen LogP contribution in [-0.2, 0) is 5.67 Å². The SMILES string of the molecule is CN(C)c1ccc(C(F)(c2ccc3ncsc3c2)c2ccccc2Cl)cn1. The predicted octanol–water partition coefficient (Wildman–Crippen LogP) is 5.67. The molecular formula is C21H17ClFN3S. The lowest BCUT2D eigenvalue weighted by Crippen LogP contribution is -2.24. The zero-order valence-corrected chi connectivity index (χ0v) is 16.4. The molecule has 136 valence electrons. The van der Waals surface area contributed by atoms with Crippen LogP contribution >= 0.6 is 22.9 Å². The Bertz CT molecular complexity index is 1090. The highest BCUT2D eigenvalue weighted by Gasteiger charge is 2.38. The van der Waals surface area contributed by atoms with Crippen LogP contribution in [0.5, 0.6) is 0 Å². The monoisotopic (exact) mass is 397 g/mol. The predicted molar refractivity (Wildman–Crippen MR) is 111 cm³/mol. The van der Waals surface area contributed by atoms with Crippen molar-refractivity contribution in [2.24, 2.45) is 0 Å². The van der Waals surface area contributed by atoms with Crippen molar-refractivity contribution in [2.45, 2.75) is 5.67 Å². The third kappa shape index (κ3) is 3.07. The number of rotatable bonds is 4. The molecule has 0 N–H and O–H groups in total. The van der Waals surface area contributed by atoms with Gasteiger partial charge in [0.2, 0.25) is 0 Å². The summed E-state index contributed by atoms with van der Waals surface area (Å²) in [5, 5.41) is 0.376. The van der Waals surface area contributed by atoms with E-state index < -0.39 is 5.67 Å². The summed E-state index contributed by atoms with van der Waals surface area (Å²) in [7, 11) is 3.80. The van der Waals surface area contributed by atoms with Gasteiger partial charge >= 0.3 is 0 Å². The van der Waals surface area contributed by atoms with Gasteiger partial charge in [-0.2, -0.15) is 0 Å². The lowest BCUT2D eigenvalue weighted by molar-refractivity contribution is 0.281. The summed E-state index contributed by atoms with van der Waals surface area (Å²) in [6.07, 6.45) is 1.58. The molecule has 0 aliphatic heterocycles. The molecule has 0 aliphatic rings. The fraction of sp³-hybridized carbons (Fsp3) is 0.143. The molecule has 0 saturated heterocycles. The van der Waals surface area contributed by atoms with Gasteiger partial charge in [0.15, 0.2) is 5.67 Å². The Labute approximate surface area is 166 Å². The number of hydrogen-bond donors (Lipinski definition) is 0. The lowest BCUT2D eigenvalue weighted by Gasteiger charge is -2.28. The van der Waals surface area contributed by atoms with Crippen LogP contribution in [0.1, 0.15) is 16.7 Å². The van der Waals surface area contributed by atoms with E-state index in [2.05, 4.69) is 9.97 Å². The summed E-state index contributed by atoms with van der Waals surface area (Å²) in [4.78, 5) is 10.6. The maximum Gasteiger partial charge on any atom is 0.189 e. The maximum absolute atomic E-state index is 16.9. The van der Waals surface area contributed by atoms with E-state index in [0.717, 1.165) is 16.0 Å². The molecule has 0 bridgehead atoms. The van der Waals surface area contributed by atoms with Gasteiger partial charge in [0, 0.05) is 36.4 Å². The van der Waals surface area contributed by atoms with Crippen LogP contribution in [-0.4, -0.2) is 24.1 Å². The van der Waals surface area contributed by atoms with E-state index in [0.29, 0.717) is 21.7 Å². The number of alkyl halides is 1. The zero-order valence-electron chi connectivity index (χ0n) is 14.9. The first kappa shape index (κ1) is 17.9. The second-order valence-corrected chi connectivity index (χ2v) is 7.77. The summed E-state index contributed by atoms with van der Waals surface area (Å²) in [6, 6.07) is 16.1. The summed E-state index contributed by atoms with van der Waals surface area (Å²) in [5.74, 6) is 0.762. The minimum absolute atomic E-state index is 0.376. The summed E-state index contributed by atoms with van der Waals surface area (Å²) < 4.78 is 17.8. The average Bonchev–Trinajstić information content (AvgIpc) is 3.15. The highest BCUT2D eigenvalue weighted by Crippen LogP contribution is 2.44. The minimum atomic E-state index is -1.92. The molecule has 0 fully saturated rings. The fourth-order valence-corrected chi connectivity index (χ4v) is 4.12. The Morgan fingerprint density at radius 2 is 1.78 bits per heavy atom. The Hall–Kier alpha value is -2.50. The van der Waals surface area contributed by atoms with Gasteiger partial charge in [0.1, 0.15) is 5.82 Å². The second kappa shape index (κ2) is 6.91. The molecule has 2 heterocycles. The van der Waals surface area contributed by atoms with E-state index in [1.54, 1.807) is 48.1 Å². The van der Waals surface area contributed by atoms with Crippen LogP contribution < -0.4 is 4.90 Å². The Morgan fingerprint density at radius 1 is 1.00 bits per heavy atom. The van der Waals surface area contributed by atoms with Crippen molar-refractivity contribution in [3.8, 4) is 0 Å². The summed E-state index contributed by atoms with van der Waals surface area (Å²) in [5.41, 5.74) is 2.03. The topological polar surface area (TPSA) is 29.0 Å². The highest BCUT2D eigenvalue weighted by molar-refractivity contribution is 7.16. The Balaban J connectivity index is 1.96. The zero-order chi connectivity index (χ0) is 19.0. The fourth-order valence-electron chi connectivity index (χ4n) is 3.14. The Morgan fingerprint density at radius 3 is 2.48 bits per heavy atom. The van der Waals surface area contributed by atoms with Gasteiger partial charge < -0.3 is 4.90 Å². The number of aromatic nitrogens is 2. The van der Waals surface area contributed by atoms with E-state index in [-0.39, 0.29) is 0 Å². The van der Waals surface area contributed by atoms with Crippen LogP contribution in [0.2, 0.25) is 5.02 Å². The van der Waals surface area contributed by atoms with Crippen molar-refractivity contribution in [2.75, 3.05) is 19.0 Å². The molecule has 0 aliphatic carbocycles. The summed E-state index contributed by atoms with van der Waals surface area (Å²) in [6.45, 7) is 0. The smallest absolute Gasteiger partial charge is 0.189 e. The van der Waals surface area contributed by atoms with E-state index in [1.807, 2.05) is 37.2 Å². The number of anilines is 1. The molecule has 1 unspecified atom stereocenters. The van der Waals surface area contributed by atoms with Crippen LogP contribution in [0.3, 0.4) is 0 Å². The molecule has 2 aromatic carbocycles. The Kier molecular flexibility index (Phi) is 4.58. The molecule has 4 rings (SSSR count). The lowest BCUT2D eigenvalue weighted by atomic mass is 9.82. The quantitative estimate of drug-likeness (QED) is 0.444. The molecule has 1 atom stereocenters. The average molecular weight is 398 g/mol.